The number of hydrogen-bond acceptors (Lipinski definition) is 4. The number of nitrogens with one attached hydrogen (secondary N) is 1. The topological polar surface area (TPSA) is 60.5 Å². The third kappa shape index (κ3) is 3.89. The fourth-order valence-corrected chi connectivity index (χ4v) is 2.16. The number of benzene rings is 1. The van der Waals surface area contributed by atoms with Gasteiger partial charge in [-0.1, -0.05) is 6.07 Å². The third-order valence-corrected chi connectivity index (χ3v) is 3.23. The summed E-state index contributed by atoms with van der Waals surface area (Å²) in [4.78, 5) is 15.8. The number of carbonyl (C=O) groups is 1. The van der Waals surface area contributed by atoms with Crippen LogP contribution in [0.15, 0.2) is 42.7 Å². The van der Waals surface area contributed by atoms with E-state index in [1.165, 1.54) is 0 Å². The fraction of sp³-hybridized carbons (Fsp3) is 0.250. The molecule has 0 atom stereocenters. The second-order valence-corrected chi connectivity index (χ2v) is 4.73. The van der Waals surface area contributed by atoms with E-state index < -0.39 is 0 Å². The van der Waals surface area contributed by atoms with E-state index in [9.17, 15) is 4.79 Å². The molecule has 1 aromatic heterocycles. The van der Waals surface area contributed by atoms with E-state index in [2.05, 4.69) is 10.3 Å². The highest BCUT2D eigenvalue weighted by molar-refractivity contribution is 5.93. The van der Waals surface area contributed by atoms with Crippen LogP contribution in [0.1, 0.15) is 15.9 Å². The highest BCUT2D eigenvalue weighted by Crippen LogP contribution is 2.30. The summed E-state index contributed by atoms with van der Waals surface area (Å²) >= 11 is 0. The monoisotopic (exact) mass is 320 g/mol. The Morgan fingerprint density at radius 2 is 2.00 bits per heavy atom. The van der Waals surface area contributed by atoms with Crippen LogP contribution in [-0.4, -0.2) is 30.6 Å². The van der Waals surface area contributed by atoms with Crippen molar-refractivity contribution in [1.29, 1.82) is 0 Å². The molecular formula is C16H17ClN2O3. The number of rotatable bonds is 4. The number of ether oxygens (including phenoxy) is 2. The van der Waals surface area contributed by atoms with Crippen LogP contribution in [0.4, 0.5) is 0 Å². The molecule has 2 aromatic rings. The maximum atomic E-state index is 11.9. The van der Waals surface area contributed by atoms with Crippen molar-refractivity contribution < 1.29 is 14.3 Å². The Morgan fingerprint density at radius 1 is 1.18 bits per heavy atom. The third-order valence-electron chi connectivity index (χ3n) is 3.23. The largest absolute Gasteiger partial charge is 0.486 e. The van der Waals surface area contributed by atoms with Crippen molar-refractivity contribution in [2.24, 2.45) is 0 Å². The molecule has 22 heavy (non-hydrogen) atoms. The average molecular weight is 321 g/mol. The number of aromatic nitrogens is 1. The Balaban J connectivity index is 0.00000176. The molecule has 5 nitrogen and oxygen atoms in total. The first-order valence-electron chi connectivity index (χ1n) is 6.90. The smallest absolute Gasteiger partial charge is 0.252 e. The summed E-state index contributed by atoms with van der Waals surface area (Å²) in [6.07, 6.45) is 3.94. The van der Waals surface area contributed by atoms with Crippen LogP contribution >= 0.6 is 12.4 Å². The maximum absolute atomic E-state index is 11.9. The SMILES string of the molecule is Cl.O=C(NCCc1ccc2c(c1)OCCO2)c1cccnc1. The zero-order valence-electron chi connectivity index (χ0n) is 12.0. The summed E-state index contributed by atoms with van der Waals surface area (Å²) in [6.45, 7) is 1.73. The molecule has 0 unspecified atom stereocenters. The van der Waals surface area contributed by atoms with Crippen LogP contribution in [0.2, 0.25) is 0 Å². The predicted octanol–water partition coefficient (Wildman–Crippen LogP) is 2.25. The van der Waals surface area contributed by atoms with Crippen molar-refractivity contribution in [2.75, 3.05) is 19.8 Å². The highest BCUT2D eigenvalue weighted by atomic mass is 35.5. The number of halogens is 1. The van der Waals surface area contributed by atoms with Gasteiger partial charge in [-0.15, -0.1) is 12.4 Å². The van der Waals surface area contributed by atoms with E-state index in [1.807, 2.05) is 18.2 Å². The van der Waals surface area contributed by atoms with E-state index in [-0.39, 0.29) is 18.3 Å². The van der Waals surface area contributed by atoms with E-state index >= 15 is 0 Å². The number of carbonyl (C=O) groups excluding carboxylic acids is 1. The molecule has 0 radical (unpaired) electrons. The van der Waals surface area contributed by atoms with E-state index in [4.69, 9.17) is 9.47 Å². The van der Waals surface area contributed by atoms with Gasteiger partial charge >= 0.3 is 0 Å². The molecular weight excluding hydrogens is 304 g/mol. The van der Waals surface area contributed by atoms with Gasteiger partial charge in [-0.3, -0.25) is 9.78 Å². The summed E-state index contributed by atoms with van der Waals surface area (Å²) in [5, 5.41) is 2.88. The molecule has 0 bridgehead atoms. The van der Waals surface area contributed by atoms with Gasteiger partial charge in [0, 0.05) is 18.9 Å². The summed E-state index contributed by atoms with van der Waals surface area (Å²) in [7, 11) is 0. The summed E-state index contributed by atoms with van der Waals surface area (Å²) in [5.74, 6) is 1.45. The first kappa shape index (κ1) is 16.1. The first-order chi connectivity index (χ1) is 10.3. The van der Waals surface area contributed by atoms with E-state index in [0.29, 0.717) is 25.3 Å². The lowest BCUT2D eigenvalue weighted by molar-refractivity contribution is 0.0954. The Labute approximate surface area is 135 Å². The minimum atomic E-state index is -0.111. The molecule has 1 aromatic carbocycles. The summed E-state index contributed by atoms with van der Waals surface area (Å²) in [6, 6.07) is 9.35. The zero-order valence-corrected chi connectivity index (χ0v) is 12.8. The molecule has 0 spiro atoms. The molecule has 1 aliphatic heterocycles. The number of amides is 1. The molecule has 0 fully saturated rings. The molecule has 0 saturated carbocycles. The molecule has 6 heteroatoms. The minimum Gasteiger partial charge on any atom is -0.486 e. The van der Waals surface area contributed by atoms with Gasteiger partial charge in [0.15, 0.2) is 11.5 Å². The Morgan fingerprint density at radius 3 is 2.77 bits per heavy atom. The molecule has 0 aliphatic carbocycles. The van der Waals surface area contributed by atoms with Crippen LogP contribution in [-0.2, 0) is 6.42 Å². The fourth-order valence-electron chi connectivity index (χ4n) is 2.16. The van der Waals surface area contributed by atoms with Crippen molar-refractivity contribution >= 4 is 18.3 Å². The molecule has 0 saturated heterocycles. The summed E-state index contributed by atoms with van der Waals surface area (Å²) < 4.78 is 11.0. The van der Waals surface area contributed by atoms with Crippen molar-refractivity contribution in [3.05, 3.63) is 53.9 Å². The first-order valence-corrected chi connectivity index (χ1v) is 6.90. The molecule has 116 valence electrons. The van der Waals surface area contributed by atoms with Crippen molar-refractivity contribution in [3.8, 4) is 11.5 Å². The molecule has 1 amide bonds. The average Bonchev–Trinajstić information content (AvgIpc) is 2.55. The number of fused-ring (bicyclic) bond motifs is 1. The van der Waals surface area contributed by atoms with Crippen LogP contribution in [0.25, 0.3) is 0 Å². The molecule has 2 heterocycles. The second kappa shape index (κ2) is 7.66. The Kier molecular flexibility index (Phi) is 5.61. The Bertz CT molecular complexity index is 635. The highest BCUT2D eigenvalue weighted by Gasteiger charge is 2.11. The van der Waals surface area contributed by atoms with Gasteiger partial charge in [-0.05, 0) is 36.2 Å². The molecule has 1 aliphatic rings. The lowest BCUT2D eigenvalue weighted by Crippen LogP contribution is -2.25. The van der Waals surface area contributed by atoms with Crippen LogP contribution < -0.4 is 14.8 Å². The normalized spacial score (nSPS) is 12.2. The lowest BCUT2D eigenvalue weighted by atomic mass is 10.1. The standard InChI is InChI=1S/C16H16N2O3.ClH/c19-16(13-2-1-6-17-11-13)18-7-5-12-3-4-14-15(10-12)21-9-8-20-14;/h1-4,6,10-11H,5,7-9H2,(H,18,19);1H. The second-order valence-electron chi connectivity index (χ2n) is 4.73. The van der Waals surface area contributed by atoms with Crippen LogP contribution in [0.3, 0.4) is 0 Å². The van der Waals surface area contributed by atoms with Crippen LogP contribution in [0, 0.1) is 0 Å². The zero-order chi connectivity index (χ0) is 14.5. The number of hydrogen-bond donors (Lipinski definition) is 1. The van der Waals surface area contributed by atoms with E-state index in [1.54, 1.807) is 24.5 Å². The number of pyridine rings is 1. The number of nitrogens with zero attached hydrogens (tertiary/aromatic N) is 1. The van der Waals surface area contributed by atoms with Gasteiger partial charge in [0.05, 0.1) is 5.56 Å². The van der Waals surface area contributed by atoms with Gasteiger partial charge in [-0.2, -0.15) is 0 Å². The van der Waals surface area contributed by atoms with Crippen molar-refractivity contribution in [1.82, 2.24) is 10.3 Å². The minimum absolute atomic E-state index is 0. The lowest BCUT2D eigenvalue weighted by Gasteiger charge is -2.18. The van der Waals surface area contributed by atoms with Gasteiger partial charge in [0.2, 0.25) is 0 Å². The van der Waals surface area contributed by atoms with Gasteiger partial charge in [-0.25, -0.2) is 0 Å². The quantitative estimate of drug-likeness (QED) is 0.938. The maximum Gasteiger partial charge on any atom is 0.252 e. The van der Waals surface area contributed by atoms with Crippen LogP contribution in [0.5, 0.6) is 11.5 Å². The Hall–Kier alpha value is -2.27. The molecule has 3 rings (SSSR count). The van der Waals surface area contributed by atoms with Gasteiger partial charge in [0.1, 0.15) is 13.2 Å². The van der Waals surface area contributed by atoms with Gasteiger partial charge in [0.25, 0.3) is 5.91 Å². The van der Waals surface area contributed by atoms with E-state index in [0.717, 1.165) is 23.5 Å². The predicted molar refractivity (Wildman–Crippen MR) is 85.0 cm³/mol. The molecule has 1 N–H and O–H groups in total. The van der Waals surface area contributed by atoms with Crippen molar-refractivity contribution in [3.63, 3.8) is 0 Å². The summed E-state index contributed by atoms with van der Waals surface area (Å²) in [5.41, 5.74) is 1.67. The van der Waals surface area contributed by atoms with Gasteiger partial charge < -0.3 is 14.8 Å². The van der Waals surface area contributed by atoms with Crippen molar-refractivity contribution in [2.45, 2.75) is 6.42 Å².